The quantitative estimate of drug-likeness (QED) is 0.840. The second kappa shape index (κ2) is 6.73. The number of rotatable bonds is 6. The summed E-state index contributed by atoms with van der Waals surface area (Å²) in [4.78, 5) is 0. The SMILES string of the molecule is CCOc1ccccc1C(CC1OCCO1)NC. The first-order valence-corrected chi connectivity index (χ1v) is 6.47. The van der Waals surface area contributed by atoms with Crippen LogP contribution < -0.4 is 10.1 Å². The van der Waals surface area contributed by atoms with Crippen molar-refractivity contribution in [1.29, 1.82) is 0 Å². The molecular weight excluding hydrogens is 230 g/mol. The molecule has 0 amide bonds. The van der Waals surface area contributed by atoms with Crippen LogP contribution in [0.2, 0.25) is 0 Å². The Morgan fingerprint density at radius 3 is 2.72 bits per heavy atom. The van der Waals surface area contributed by atoms with E-state index < -0.39 is 0 Å². The summed E-state index contributed by atoms with van der Waals surface area (Å²) < 4.78 is 16.7. The zero-order valence-corrected chi connectivity index (χ0v) is 11.0. The predicted molar refractivity (Wildman–Crippen MR) is 69.7 cm³/mol. The number of hydrogen-bond donors (Lipinski definition) is 1. The van der Waals surface area contributed by atoms with Gasteiger partial charge < -0.3 is 19.5 Å². The van der Waals surface area contributed by atoms with Crippen molar-refractivity contribution < 1.29 is 14.2 Å². The van der Waals surface area contributed by atoms with Gasteiger partial charge in [0.15, 0.2) is 6.29 Å². The second-order valence-corrected chi connectivity index (χ2v) is 4.22. The predicted octanol–water partition coefficient (Wildman–Crippen LogP) is 2.11. The number of para-hydroxylation sites is 1. The molecule has 1 saturated heterocycles. The fourth-order valence-corrected chi connectivity index (χ4v) is 2.19. The Kier molecular flexibility index (Phi) is 4.99. The van der Waals surface area contributed by atoms with Gasteiger partial charge in [0.25, 0.3) is 0 Å². The van der Waals surface area contributed by atoms with Gasteiger partial charge in [0.05, 0.1) is 19.8 Å². The van der Waals surface area contributed by atoms with Gasteiger partial charge in [-0.25, -0.2) is 0 Å². The van der Waals surface area contributed by atoms with E-state index in [0.717, 1.165) is 17.7 Å². The van der Waals surface area contributed by atoms with Crippen LogP contribution in [-0.4, -0.2) is 33.2 Å². The molecule has 1 unspecified atom stereocenters. The first-order chi connectivity index (χ1) is 8.85. The Morgan fingerprint density at radius 2 is 2.06 bits per heavy atom. The Bertz CT molecular complexity index is 364. The van der Waals surface area contributed by atoms with Crippen LogP contribution in [0.5, 0.6) is 5.75 Å². The van der Waals surface area contributed by atoms with Crippen molar-refractivity contribution >= 4 is 0 Å². The summed E-state index contributed by atoms with van der Waals surface area (Å²) >= 11 is 0. The van der Waals surface area contributed by atoms with Crippen molar-refractivity contribution in [3.8, 4) is 5.75 Å². The summed E-state index contributed by atoms with van der Waals surface area (Å²) in [5.41, 5.74) is 1.15. The lowest BCUT2D eigenvalue weighted by Gasteiger charge is -2.22. The van der Waals surface area contributed by atoms with Crippen molar-refractivity contribution in [2.45, 2.75) is 25.7 Å². The molecule has 1 N–H and O–H groups in total. The highest BCUT2D eigenvalue weighted by Gasteiger charge is 2.23. The van der Waals surface area contributed by atoms with Gasteiger partial charge in [0.2, 0.25) is 0 Å². The monoisotopic (exact) mass is 251 g/mol. The van der Waals surface area contributed by atoms with Crippen LogP contribution in [0.15, 0.2) is 24.3 Å². The Labute approximate surface area is 108 Å². The highest BCUT2D eigenvalue weighted by molar-refractivity contribution is 5.36. The molecule has 2 rings (SSSR count). The van der Waals surface area contributed by atoms with E-state index in [4.69, 9.17) is 14.2 Å². The molecule has 0 aromatic heterocycles. The first kappa shape index (κ1) is 13.3. The van der Waals surface area contributed by atoms with Crippen LogP contribution in [0.4, 0.5) is 0 Å². The standard InChI is InChI=1S/C14H21NO3/c1-3-16-13-7-5-4-6-11(13)12(15-2)10-14-17-8-9-18-14/h4-7,12,14-15H,3,8-10H2,1-2H3. The van der Waals surface area contributed by atoms with E-state index in [1.165, 1.54) is 0 Å². The van der Waals surface area contributed by atoms with Crippen LogP contribution in [-0.2, 0) is 9.47 Å². The maximum atomic E-state index is 5.66. The topological polar surface area (TPSA) is 39.7 Å². The first-order valence-electron chi connectivity index (χ1n) is 6.47. The van der Waals surface area contributed by atoms with E-state index in [1.807, 2.05) is 32.2 Å². The molecule has 1 fully saturated rings. The molecular formula is C14H21NO3. The number of benzene rings is 1. The largest absolute Gasteiger partial charge is 0.494 e. The van der Waals surface area contributed by atoms with Gasteiger partial charge in [-0.1, -0.05) is 18.2 Å². The molecule has 1 heterocycles. The van der Waals surface area contributed by atoms with Crippen molar-refractivity contribution in [2.24, 2.45) is 0 Å². The molecule has 0 saturated carbocycles. The van der Waals surface area contributed by atoms with Crippen molar-refractivity contribution in [3.63, 3.8) is 0 Å². The molecule has 4 nitrogen and oxygen atoms in total. The van der Waals surface area contributed by atoms with E-state index in [9.17, 15) is 0 Å². The van der Waals surface area contributed by atoms with Gasteiger partial charge in [-0.05, 0) is 20.0 Å². The van der Waals surface area contributed by atoms with Gasteiger partial charge in [-0.15, -0.1) is 0 Å². The summed E-state index contributed by atoms with van der Waals surface area (Å²) in [5, 5.41) is 3.30. The zero-order valence-electron chi connectivity index (χ0n) is 11.0. The average Bonchev–Trinajstić information content (AvgIpc) is 2.90. The molecule has 1 aromatic rings. The van der Waals surface area contributed by atoms with Crippen molar-refractivity contribution in [3.05, 3.63) is 29.8 Å². The molecule has 0 aliphatic carbocycles. The Balaban J connectivity index is 2.10. The zero-order chi connectivity index (χ0) is 12.8. The lowest BCUT2D eigenvalue weighted by Crippen LogP contribution is -2.23. The molecule has 0 bridgehead atoms. The lowest BCUT2D eigenvalue weighted by molar-refractivity contribution is -0.0527. The maximum absolute atomic E-state index is 5.66. The number of ether oxygens (including phenoxy) is 3. The van der Waals surface area contributed by atoms with Gasteiger partial charge in [0, 0.05) is 18.0 Å². The second-order valence-electron chi connectivity index (χ2n) is 4.22. The van der Waals surface area contributed by atoms with Gasteiger partial charge >= 0.3 is 0 Å². The summed E-state index contributed by atoms with van der Waals surface area (Å²) in [6.45, 7) is 4.04. The molecule has 0 radical (unpaired) electrons. The third-order valence-electron chi connectivity index (χ3n) is 3.06. The minimum Gasteiger partial charge on any atom is -0.494 e. The molecule has 1 aromatic carbocycles. The van der Waals surface area contributed by atoms with Crippen molar-refractivity contribution in [1.82, 2.24) is 5.32 Å². The molecule has 18 heavy (non-hydrogen) atoms. The number of nitrogens with one attached hydrogen (secondary N) is 1. The molecule has 1 aliphatic heterocycles. The fraction of sp³-hybridized carbons (Fsp3) is 0.571. The summed E-state index contributed by atoms with van der Waals surface area (Å²) in [6.07, 6.45) is 0.678. The molecule has 0 spiro atoms. The summed E-state index contributed by atoms with van der Waals surface area (Å²) in [6, 6.07) is 8.28. The molecule has 1 atom stereocenters. The lowest BCUT2D eigenvalue weighted by atomic mass is 10.0. The summed E-state index contributed by atoms with van der Waals surface area (Å²) in [5.74, 6) is 0.928. The normalized spacial score (nSPS) is 17.9. The van der Waals surface area contributed by atoms with E-state index in [1.54, 1.807) is 0 Å². The van der Waals surface area contributed by atoms with Crippen LogP contribution in [0, 0.1) is 0 Å². The minimum atomic E-state index is -0.114. The van der Waals surface area contributed by atoms with Gasteiger partial charge in [-0.3, -0.25) is 0 Å². The van der Waals surface area contributed by atoms with Crippen LogP contribution in [0.25, 0.3) is 0 Å². The molecule has 4 heteroatoms. The van der Waals surface area contributed by atoms with Crippen LogP contribution in [0.3, 0.4) is 0 Å². The molecule has 100 valence electrons. The minimum absolute atomic E-state index is 0.114. The fourth-order valence-electron chi connectivity index (χ4n) is 2.19. The smallest absolute Gasteiger partial charge is 0.159 e. The van der Waals surface area contributed by atoms with E-state index in [2.05, 4.69) is 11.4 Å². The van der Waals surface area contributed by atoms with E-state index in [-0.39, 0.29) is 12.3 Å². The number of hydrogen-bond acceptors (Lipinski definition) is 4. The highest BCUT2D eigenvalue weighted by atomic mass is 16.7. The third kappa shape index (κ3) is 3.22. The summed E-state index contributed by atoms with van der Waals surface area (Å²) in [7, 11) is 1.95. The van der Waals surface area contributed by atoms with Gasteiger partial charge in [0.1, 0.15) is 5.75 Å². The van der Waals surface area contributed by atoms with E-state index >= 15 is 0 Å². The third-order valence-corrected chi connectivity index (χ3v) is 3.06. The molecule has 1 aliphatic rings. The van der Waals surface area contributed by atoms with Crippen molar-refractivity contribution in [2.75, 3.05) is 26.9 Å². The van der Waals surface area contributed by atoms with E-state index in [0.29, 0.717) is 19.8 Å². The highest BCUT2D eigenvalue weighted by Crippen LogP contribution is 2.29. The maximum Gasteiger partial charge on any atom is 0.159 e. The Morgan fingerprint density at radius 1 is 1.33 bits per heavy atom. The van der Waals surface area contributed by atoms with Crippen LogP contribution >= 0.6 is 0 Å². The Hall–Kier alpha value is -1.10. The average molecular weight is 251 g/mol. The van der Waals surface area contributed by atoms with Gasteiger partial charge in [-0.2, -0.15) is 0 Å². The van der Waals surface area contributed by atoms with Crippen LogP contribution in [0.1, 0.15) is 24.9 Å².